The summed E-state index contributed by atoms with van der Waals surface area (Å²) in [4.78, 5) is 14.6. The van der Waals surface area contributed by atoms with Gasteiger partial charge in [0.25, 0.3) is 5.91 Å². The average Bonchev–Trinajstić information content (AvgIpc) is 2.54. The van der Waals surface area contributed by atoms with E-state index in [0.29, 0.717) is 18.7 Å². The minimum Gasteiger partial charge on any atom is -0.334 e. The maximum atomic E-state index is 12.9. The SMILES string of the molecule is CCCN(Cc1ccccc1)C(=O)c1cc(S(N)(=O)=O)ccc1C. The van der Waals surface area contributed by atoms with E-state index in [4.69, 9.17) is 5.14 Å². The van der Waals surface area contributed by atoms with Crippen molar-refractivity contribution in [3.63, 3.8) is 0 Å². The number of carbonyl (C=O) groups is 1. The third kappa shape index (κ3) is 4.43. The predicted octanol–water partition coefficient (Wildman–Crippen LogP) is 2.69. The van der Waals surface area contributed by atoms with Gasteiger partial charge in [-0.2, -0.15) is 0 Å². The van der Waals surface area contributed by atoms with Crippen LogP contribution in [0.15, 0.2) is 53.4 Å². The van der Waals surface area contributed by atoms with Crippen molar-refractivity contribution in [3.8, 4) is 0 Å². The van der Waals surface area contributed by atoms with Gasteiger partial charge in [-0.05, 0) is 36.6 Å². The monoisotopic (exact) mass is 346 g/mol. The molecule has 0 saturated carbocycles. The molecule has 0 spiro atoms. The molecule has 0 bridgehead atoms. The minimum atomic E-state index is -3.84. The molecule has 2 N–H and O–H groups in total. The molecule has 0 aliphatic heterocycles. The van der Waals surface area contributed by atoms with Crippen molar-refractivity contribution >= 4 is 15.9 Å². The van der Waals surface area contributed by atoms with Gasteiger partial charge < -0.3 is 4.90 Å². The zero-order valence-corrected chi connectivity index (χ0v) is 14.7. The number of nitrogens with zero attached hydrogens (tertiary/aromatic N) is 1. The van der Waals surface area contributed by atoms with Crippen LogP contribution in [0.4, 0.5) is 0 Å². The first kappa shape index (κ1) is 18.2. The second kappa shape index (κ2) is 7.59. The van der Waals surface area contributed by atoms with E-state index in [0.717, 1.165) is 17.5 Å². The van der Waals surface area contributed by atoms with Gasteiger partial charge in [0, 0.05) is 18.7 Å². The summed E-state index contributed by atoms with van der Waals surface area (Å²) in [7, 11) is -3.84. The van der Waals surface area contributed by atoms with Gasteiger partial charge in [0.2, 0.25) is 10.0 Å². The van der Waals surface area contributed by atoms with Crippen molar-refractivity contribution in [2.45, 2.75) is 31.7 Å². The Kier molecular flexibility index (Phi) is 5.75. The van der Waals surface area contributed by atoms with Crippen molar-refractivity contribution < 1.29 is 13.2 Å². The summed E-state index contributed by atoms with van der Waals surface area (Å²) in [6, 6.07) is 14.1. The average molecular weight is 346 g/mol. The van der Waals surface area contributed by atoms with Gasteiger partial charge in [-0.1, -0.05) is 43.3 Å². The minimum absolute atomic E-state index is 0.0485. The van der Waals surface area contributed by atoms with Crippen LogP contribution in [0, 0.1) is 6.92 Å². The molecule has 2 aromatic rings. The highest BCUT2D eigenvalue weighted by Crippen LogP contribution is 2.18. The number of hydrogen-bond donors (Lipinski definition) is 1. The van der Waals surface area contributed by atoms with Gasteiger partial charge in [0.05, 0.1) is 4.90 Å². The Bertz CT molecular complexity index is 817. The second-order valence-corrected chi connectivity index (χ2v) is 7.30. The number of nitrogens with two attached hydrogens (primary N) is 1. The maximum Gasteiger partial charge on any atom is 0.254 e. The highest BCUT2D eigenvalue weighted by Gasteiger charge is 2.20. The second-order valence-electron chi connectivity index (χ2n) is 5.73. The molecule has 0 radical (unpaired) electrons. The van der Waals surface area contributed by atoms with E-state index in [9.17, 15) is 13.2 Å². The molecular formula is C18H22N2O3S. The molecule has 0 heterocycles. The molecule has 24 heavy (non-hydrogen) atoms. The Morgan fingerprint density at radius 3 is 2.38 bits per heavy atom. The molecule has 0 unspecified atom stereocenters. The third-order valence-corrected chi connectivity index (χ3v) is 4.68. The number of amides is 1. The van der Waals surface area contributed by atoms with Gasteiger partial charge in [-0.25, -0.2) is 13.6 Å². The first-order valence-corrected chi connectivity index (χ1v) is 9.34. The molecular weight excluding hydrogens is 324 g/mol. The van der Waals surface area contributed by atoms with Crippen LogP contribution in [0.25, 0.3) is 0 Å². The Morgan fingerprint density at radius 2 is 1.79 bits per heavy atom. The molecule has 0 aliphatic carbocycles. The molecule has 5 nitrogen and oxygen atoms in total. The van der Waals surface area contributed by atoms with Crippen molar-refractivity contribution in [2.75, 3.05) is 6.54 Å². The summed E-state index contributed by atoms with van der Waals surface area (Å²) >= 11 is 0. The molecule has 0 fully saturated rings. The fraction of sp³-hybridized carbons (Fsp3) is 0.278. The van der Waals surface area contributed by atoms with E-state index in [1.54, 1.807) is 17.9 Å². The standard InChI is InChI=1S/C18H22N2O3S/c1-3-11-20(13-15-7-5-4-6-8-15)18(21)17-12-16(24(19,22)23)10-9-14(17)2/h4-10,12H,3,11,13H2,1-2H3,(H2,19,22,23). The van der Waals surface area contributed by atoms with Crippen LogP contribution in [-0.2, 0) is 16.6 Å². The Balaban J connectivity index is 2.36. The Hall–Kier alpha value is -2.18. The van der Waals surface area contributed by atoms with Gasteiger partial charge >= 0.3 is 0 Å². The first-order valence-electron chi connectivity index (χ1n) is 7.79. The van der Waals surface area contributed by atoms with Gasteiger partial charge in [0.1, 0.15) is 0 Å². The predicted molar refractivity (Wildman–Crippen MR) is 94.0 cm³/mol. The summed E-state index contributed by atoms with van der Waals surface area (Å²) < 4.78 is 23.1. The van der Waals surface area contributed by atoms with E-state index in [-0.39, 0.29) is 10.8 Å². The lowest BCUT2D eigenvalue weighted by Gasteiger charge is -2.23. The van der Waals surface area contributed by atoms with Crippen LogP contribution in [0.3, 0.4) is 0 Å². The molecule has 1 amide bonds. The number of hydrogen-bond acceptors (Lipinski definition) is 3. The van der Waals surface area contributed by atoms with Crippen molar-refractivity contribution in [1.29, 1.82) is 0 Å². The van der Waals surface area contributed by atoms with E-state index in [1.165, 1.54) is 12.1 Å². The highest BCUT2D eigenvalue weighted by molar-refractivity contribution is 7.89. The van der Waals surface area contributed by atoms with E-state index in [2.05, 4.69) is 0 Å². The number of sulfonamides is 1. The fourth-order valence-corrected chi connectivity index (χ4v) is 3.04. The number of aryl methyl sites for hydroxylation is 1. The molecule has 2 aromatic carbocycles. The van der Waals surface area contributed by atoms with Crippen LogP contribution < -0.4 is 5.14 Å². The van der Waals surface area contributed by atoms with Gasteiger partial charge in [0.15, 0.2) is 0 Å². The molecule has 0 aliphatic rings. The van der Waals surface area contributed by atoms with Crippen molar-refractivity contribution in [2.24, 2.45) is 5.14 Å². The lowest BCUT2D eigenvalue weighted by atomic mass is 10.1. The lowest BCUT2D eigenvalue weighted by Crippen LogP contribution is -2.32. The van der Waals surface area contributed by atoms with Crippen LogP contribution in [0.5, 0.6) is 0 Å². The van der Waals surface area contributed by atoms with Gasteiger partial charge in [-0.3, -0.25) is 4.79 Å². The summed E-state index contributed by atoms with van der Waals surface area (Å²) in [5, 5.41) is 5.18. The van der Waals surface area contributed by atoms with Crippen LogP contribution >= 0.6 is 0 Å². The molecule has 0 aromatic heterocycles. The van der Waals surface area contributed by atoms with E-state index in [1.807, 2.05) is 37.3 Å². The molecule has 2 rings (SSSR count). The first-order chi connectivity index (χ1) is 11.3. The number of carbonyl (C=O) groups excluding carboxylic acids is 1. The lowest BCUT2D eigenvalue weighted by molar-refractivity contribution is 0.0742. The smallest absolute Gasteiger partial charge is 0.254 e. The number of primary sulfonamides is 1. The summed E-state index contributed by atoms with van der Waals surface area (Å²) in [5.41, 5.74) is 2.12. The third-order valence-electron chi connectivity index (χ3n) is 3.76. The molecule has 0 saturated heterocycles. The van der Waals surface area contributed by atoms with Crippen LogP contribution in [-0.4, -0.2) is 25.8 Å². The summed E-state index contributed by atoms with van der Waals surface area (Å²) in [6.45, 7) is 4.85. The van der Waals surface area contributed by atoms with Crippen LogP contribution in [0.1, 0.15) is 34.8 Å². The van der Waals surface area contributed by atoms with Crippen LogP contribution in [0.2, 0.25) is 0 Å². The molecule has 6 heteroatoms. The molecule has 0 atom stereocenters. The normalized spacial score (nSPS) is 11.3. The quantitative estimate of drug-likeness (QED) is 0.873. The van der Waals surface area contributed by atoms with E-state index < -0.39 is 10.0 Å². The largest absolute Gasteiger partial charge is 0.334 e. The zero-order valence-electron chi connectivity index (χ0n) is 13.9. The summed E-state index contributed by atoms with van der Waals surface area (Å²) in [6.07, 6.45) is 0.812. The topological polar surface area (TPSA) is 80.5 Å². The number of benzene rings is 2. The highest BCUT2D eigenvalue weighted by atomic mass is 32.2. The van der Waals surface area contributed by atoms with Gasteiger partial charge in [-0.15, -0.1) is 0 Å². The Labute approximate surface area is 143 Å². The fourth-order valence-electron chi connectivity index (χ4n) is 2.50. The Morgan fingerprint density at radius 1 is 1.12 bits per heavy atom. The summed E-state index contributed by atoms with van der Waals surface area (Å²) in [5.74, 6) is -0.191. The van der Waals surface area contributed by atoms with Crippen molar-refractivity contribution in [3.05, 3.63) is 65.2 Å². The molecule has 128 valence electrons. The maximum absolute atomic E-state index is 12.9. The zero-order chi connectivity index (χ0) is 17.7. The van der Waals surface area contributed by atoms with E-state index >= 15 is 0 Å². The number of rotatable bonds is 6. The van der Waals surface area contributed by atoms with Crippen molar-refractivity contribution in [1.82, 2.24) is 4.90 Å².